The van der Waals surface area contributed by atoms with Gasteiger partial charge in [0.1, 0.15) is 5.71 Å². The molecule has 1 heterocycles. The fraction of sp³-hybridized carbons (Fsp3) is 0.125. The van der Waals surface area contributed by atoms with E-state index in [9.17, 15) is 4.79 Å². The van der Waals surface area contributed by atoms with Crippen LogP contribution < -0.4 is 5.32 Å². The van der Waals surface area contributed by atoms with Crippen LogP contribution in [0.5, 0.6) is 0 Å². The summed E-state index contributed by atoms with van der Waals surface area (Å²) >= 11 is 13.0. The van der Waals surface area contributed by atoms with Gasteiger partial charge in [0.05, 0.1) is 16.4 Å². The first kappa shape index (κ1) is 15.7. The number of halogens is 3. The normalized spacial score (nSPS) is 15.1. The van der Waals surface area contributed by atoms with Gasteiger partial charge in [-0.1, -0.05) is 50.4 Å². The van der Waals surface area contributed by atoms with Gasteiger partial charge in [-0.25, -0.2) is 4.99 Å². The molecule has 0 saturated carbocycles. The Hall–Kier alpha value is -1.17. The largest absolute Gasteiger partial charge is 0.320 e. The molecule has 0 aromatic heterocycles. The predicted molar refractivity (Wildman–Crippen MR) is 97.5 cm³/mol. The number of benzene rings is 2. The molecule has 6 heteroatoms. The fourth-order valence-electron chi connectivity index (χ4n) is 2.37. The van der Waals surface area contributed by atoms with Crippen molar-refractivity contribution in [3.63, 3.8) is 0 Å². The average molecular weight is 443 g/mol. The predicted octanol–water partition coefficient (Wildman–Crippen LogP) is 5.50. The summed E-state index contributed by atoms with van der Waals surface area (Å²) in [5.41, 5.74) is 3.67. The van der Waals surface area contributed by atoms with Gasteiger partial charge in [-0.3, -0.25) is 4.79 Å². The van der Waals surface area contributed by atoms with E-state index in [4.69, 9.17) is 11.6 Å². The zero-order valence-corrected chi connectivity index (χ0v) is 15.5. The van der Waals surface area contributed by atoms with Crippen LogP contribution in [0.2, 0.25) is 5.02 Å². The highest BCUT2D eigenvalue weighted by Crippen LogP contribution is 2.34. The molecule has 0 saturated heterocycles. The SMILES string of the molecule is CCc1cc(Br)cc2c1NC(=O)C2=Nc1ccc(Br)cc1Cl. The molecule has 0 bridgehead atoms. The number of hydrogen-bond acceptors (Lipinski definition) is 2. The molecule has 112 valence electrons. The van der Waals surface area contributed by atoms with Crippen molar-refractivity contribution >= 4 is 66.5 Å². The van der Waals surface area contributed by atoms with Crippen LogP contribution in [-0.2, 0) is 11.2 Å². The molecular formula is C16H11Br2ClN2O. The molecule has 3 nitrogen and oxygen atoms in total. The van der Waals surface area contributed by atoms with E-state index in [0.717, 1.165) is 32.2 Å². The Labute approximate surface area is 150 Å². The van der Waals surface area contributed by atoms with E-state index in [2.05, 4.69) is 49.1 Å². The number of carbonyl (C=O) groups is 1. The number of amides is 1. The first-order chi connectivity index (χ1) is 10.5. The van der Waals surface area contributed by atoms with Crippen molar-refractivity contribution in [1.82, 2.24) is 0 Å². The lowest BCUT2D eigenvalue weighted by atomic mass is 10.0. The van der Waals surface area contributed by atoms with E-state index in [1.54, 1.807) is 12.1 Å². The van der Waals surface area contributed by atoms with E-state index in [1.165, 1.54) is 0 Å². The van der Waals surface area contributed by atoms with Crippen molar-refractivity contribution in [2.45, 2.75) is 13.3 Å². The van der Waals surface area contributed by atoms with Gasteiger partial charge in [0, 0.05) is 14.5 Å². The van der Waals surface area contributed by atoms with Crippen LogP contribution in [0.25, 0.3) is 0 Å². The summed E-state index contributed by atoms with van der Waals surface area (Å²) in [5, 5.41) is 3.40. The lowest BCUT2D eigenvalue weighted by Crippen LogP contribution is -2.14. The zero-order chi connectivity index (χ0) is 15.9. The standard InChI is InChI=1S/C16H11Br2ClN2O/c1-2-8-5-10(18)6-11-14(8)21-16(22)15(11)20-13-4-3-9(17)7-12(13)19/h3-7H,2H2,1H3,(H,20,21,22). The van der Waals surface area contributed by atoms with Gasteiger partial charge in [0.25, 0.3) is 5.91 Å². The second-order valence-electron chi connectivity index (χ2n) is 4.85. The molecule has 22 heavy (non-hydrogen) atoms. The summed E-state index contributed by atoms with van der Waals surface area (Å²) in [4.78, 5) is 16.8. The van der Waals surface area contributed by atoms with Crippen LogP contribution in [0.3, 0.4) is 0 Å². The van der Waals surface area contributed by atoms with Crippen molar-refractivity contribution in [1.29, 1.82) is 0 Å². The Balaban J connectivity index is 2.16. The number of aliphatic imine (C=N–C) groups is 1. The van der Waals surface area contributed by atoms with Crippen molar-refractivity contribution < 1.29 is 4.79 Å². The van der Waals surface area contributed by atoms with Crippen molar-refractivity contribution in [3.05, 3.63) is 55.4 Å². The van der Waals surface area contributed by atoms with E-state index >= 15 is 0 Å². The number of nitrogens with one attached hydrogen (secondary N) is 1. The van der Waals surface area contributed by atoms with Gasteiger partial charge in [-0.2, -0.15) is 0 Å². The first-order valence-corrected chi connectivity index (χ1v) is 8.64. The van der Waals surface area contributed by atoms with Gasteiger partial charge in [0.2, 0.25) is 0 Å². The van der Waals surface area contributed by atoms with Crippen LogP contribution in [0.1, 0.15) is 18.1 Å². The molecule has 0 atom stereocenters. The molecule has 0 radical (unpaired) electrons. The van der Waals surface area contributed by atoms with E-state index in [1.807, 2.05) is 18.2 Å². The Morgan fingerprint density at radius 3 is 2.64 bits per heavy atom. The lowest BCUT2D eigenvalue weighted by molar-refractivity contribution is -0.110. The van der Waals surface area contributed by atoms with Crippen LogP contribution in [0.15, 0.2) is 44.3 Å². The summed E-state index contributed by atoms with van der Waals surface area (Å²) in [6.07, 6.45) is 0.828. The number of fused-ring (bicyclic) bond motifs is 1. The van der Waals surface area contributed by atoms with Crippen molar-refractivity contribution in [3.8, 4) is 0 Å². The monoisotopic (exact) mass is 440 g/mol. The molecule has 1 aliphatic heterocycles. The van der Waals surface area contributed by atoms with E-state index < -0.39 is 0 Å². The third-order valence-electron chi connectivity index (χ3n) is 3.42. The summed E-state index contributed by atoms with van der Waals surface area (Å²) in [5.74, 6) is -0.207. The average Bonchev–Trinajstić information content (AvgIpc) is 2.77. The van der Waals surface area contributed by atoms with E-state index in [-0.39, 0.29) is 5.91 Å². The second kappa shape index (κ2) is 6.14. The molecule has 0 spiro atoms. The lowest BCUT2D eigenvalue weighted by Gasteiger charge is -2.06. The van der Waals surface area contributed by atoms with E-state index in [0.29, 0.717) is 16.4 Å². The third kappa shape index (κ3) is 2.85. The highest BCUT2D eigenvalue weighted by Gasteiger charge is 2.28. The number of rotatable bonds is 2. The maximum atomic E-state index is 12.3. The van der Waals surface area contributed by atoms with Gasteiger partial charge < -0.3 is 5.32 Å². The smallest absolute Gasteiger partial charge is 0.275 e. The third-order valence-corrected chi connectivity index (χ3v) is 4.67. The Bertz CT molecular complexity index is 818. The molecule has 3 rings (SSSR count). The van der Waals surface area contributed by atoms with Crippen LogP contribution in [0, 0.1) is 0 Å². The first-order valence-electron chi connectivity index (χ1n) is 6.67. The summed E-state index contributed by atoms with van der Waals surface area (Å²) in [6, 6.07) is 9.29. The molecule has 2 aromatic carbocycles. The van der Waals surface area contributed by atoms with Crippen LogP contribution >= 0.6 is 43.5 Å². The van der Waals surface area contributed by atoms with Gasteiger partial charge >= 0.3 is 0 Å². The Morgan fingerprint density at radius 2 is 1.95 bits per heavy atom. The zero-order valence-electron chi connectivity index (χ0n) is 11.6. The Kier molecular flexibility index (Phi) is 4.39. The molecule has 1 amide bonds. The van der Waals surface area contributed by atoms with Crippen molar-refractivity contribution in [2.75, 3.05) is 5.32 Å². The van der Waals surface area contributed by atoms with Crippen LogP contribution in [-0.4, -0.2) is 11.6 Å². The summed E-state index contributed by atoms with van der Waals surface area (Å²) in [6.45, 7) is 2.05. The van der Waals surface area contributed by atoms with Gasteiger partial charge in [-0.15, -0.1) is 0 Å². The maximum absolute atomic E-state index is 12.3. The van der Waals surface area contributed by atoms with Gasteiger partial charge in [-0.05, 0) is 42.3 Å². The molecule has 0 unspecified atom stereocenters. The minimum Gasteiger partial charge on any atom is -0.320 e. The molecule has 0 aliphatic carbocycles. The van der Waals surface area contributed by atoms with Gasteiger partial charge in [0.15, 0.2) is 0 Å². The molecule has 1 N–H and O–H groups in total. The molecule has 2 aromatic rings. The minimum atomic E-state index is -0.207. The maximum Gasteiger partial charge on any atom is 0.275 e. The number of nitrogens with zero attached hydrogens (tertiary/aromatic N) is 1. The summed E-state index contributed by atoms with van der Waals surface area (Å²) < 4.78 is 1.79. The molecular weight excluding hydrogens is 431 g/mol. The number of aryl methyl sites for hydroxylation is 1. The fourth-order valence-corrected chi connectivity index (χ4v) is 3.60. The highest BCUT2D eigenvalue weighted by atomic mass is 79.9. The second-order valence-corrected chi connectivity index (χ2v) is 7.09. The summed E-state index contributed by atoms with van der Waals surface area (Å²) in [7, 11) is 0. The van der Waals surface area contributed by atoms with Crippen LogP contribution in [0.4, 0.5) is 11.4 Å². The number of anilines is 1. The Morgan fingerprint density at radius 1 is 1.18 bits per heavy atom. The quantitative estimate of drug-likeness (QED) is 0.656. The van der Waals surface area contributed by atoms with Crippen molar-refractivity contribution in [2.24, 2.45) is 4.99 Å². The molecule has 0 fully saturated rings. The minimum absolute atomic E-state index is 0.207. The highest BCUT2D eigenvalue weighted by molar-refractivity contribution is 9.10. The molecule has 1 aliphatic rings. The number of carbonyl (C=O) groups excluding carboxylic acids is 1. The topological polar surface area (TPSA) is 41.5 Å². The number of hydrogen-bond donors (Lipinski definition) is 1.